The number of rotatable bonds is 5. The minimum Gasteiger partial charge on any atom is -0.493 e. The number of nitro benzene ring substituents is 1. The average molecular weight is 265 g/mol. The molecule has 1 rings (SSSR count). The molecule has 1 aromatic rings. The van der Waals surface area contributed by atoms with Gasteiger partial charge >= 0.3 is 5.71 Å². The van der Waals surface area contributed by atoms with Gasteiger partial charge < -0.3 is 15.0 Å². The van der Waals surface area contributed by atoms with Crippen molar-refractivity contribution in [1.82, 2.24) is 0 Å². The molecule has 0 atom stereocenters. The van der Waals surface area contributed by atoms with E-state index in [0.29, 0.717) is 5.75 Å². The predicted molar refractivity (Wildman–Crippen MR) is 68.8 cm³/mol. The van der Waals surface area contributed by atoms with Crippen LogP contribution in [0.4, 0.5) is 5.69 Å². The molecule has 0 bridgehead atoms. The van der Waals surface area contributed by atoms with Gasteiger partial charge in [0.2, 0.25) is 0 Å². The fourth-order valence-electron chi connectivity index (χ4n) is 1.55. The number of nitro groups is 1. The Balaban J connectivity index is 3.50. The molecule has 0 saturated heterocycles. The highest BCUT2D eigenvalue weighted by molar-refractivity contribution is 5.99. The molecule has 0 N–H and O–H groups in total. The Morgan fingerprint density at radius 1 is 1.42 bits per heavy atom. The maximum Gasteiger partial charge on any atom is 0.303 e. The molecule has 0 spiro atoms. The van der Waals surface area contributed by atoms with Gasteiger partial charge in [0, 0.05) is 13.0 Å². The summed E-state index contributed by atoms with van der Waals surface area (Å²) in [6.07, 6.45) is -0.146. The highest BCUT2D eigenvalue weighted by Crippen LogP contribution is 2.35. The first-order chi connectivity index (χ1) is 8.90. The highest BCUT2D eigenvalue weighted by Gasteiger charge is 2.25. The van der Waals surface area contributed by atoms with E-state index in [4.69, 9.17) is 15.0 Å². The average Bonchev–Trinajstić information content (AvgIpc) is 2.36. The van der Waals surface area contributed by atoms with Crippen molar-refractivity contribution >= 4 is 11.4 Å². The molecule has 0 unspecified atom stereocenters. The number of nitrogens with zero attached hydrogens (tertiary/aromatic N) is 3. The molecular weight excluding hydrogens is 250 g/mol. The standard InChI is InChI=1S/C12H15N3O4/c1-7(2)19-12-6-10(15(16)17)9(8(3)14-13)5-11(12)18-4/h5-7H,1-4H3. The third kappa shape index (κ3) is 3.29. The lowest BCUT2D eigenvalue weighted by atomic mass is 10.1. The summed E-state index contributed by atoms with van der Waals surface area (Å²) in [6, 6.07) is 2.69. The quantitative estimate of drug-likeness (QED) is 0.268. The Kier molecular flexibility index (Phi) is 4.61. The summed E-state index contributed by atoms with van der Waals surface area (Å²) in [5.41, 5.74) is 8.87. The van der Waals surface area contributed by atoms with Gasteiger partial charge in [0.1, 0.15) is 5.56 Å². The molecule has 7 heteroatoms. The zero-order valence-electron chi connectivity index (χ0n) is 11.2. The van der Waals surface area contributed by atoms with Crippen LogP contribution in [0.2, 0.25) is 0 Å². The molecule has 0 aliphatic heterocycles. The number of hydrogen-bond donors (Lipinski definition) is 0. The largest absolute Gasteiger partial charge is 0.493 e. The predicted octanol–water partition coefficient (Wildman–Crippen LogP) is 2.43. The third-order valence-corrected chi connectivity index (χ3v) is 2.38. The van der Waals surface area contributed by atoms with E-state index in [1.54, 1.807) is 13.8 Å². The molecule has 0 aliphatic carbocycles. The Morgan fingerprint density at radius 2 is 2.05 bits per heavy atom. The van der Waals surface area contributed by atoms with E-state index < -0.39 is 4.92 Å². The van der Waals surface area contributed by atoms with Gasteiger partial charge in [0.15, 0.2) is 11.5 Å². The van der Waals surface area contributed by atoms with Crippen LogP contribution in [0.15, 0.2) is 12.1 Å². The van der Waals surface area contributed by atoms with E-state index in [2.05, 4.69) is 4.79 Å². The fourth-order valence-corrected chi connectivity index (χ4v) is 1.55. The van der Waals surface area contributed by atoms with Crippen molar-refractivity contribution in [2.45, 2.75) is 26.9 Å². The summed E-state index contributed by atoms with van der Waals surface area (Å²) in [5, 5.41) is 11.1. The first-order valence-corrected chi connectivity index (χ1v) is 5.62. The van der Waals surface area contributed by atoms with Crippen LogP contribution in [0.25, 0.3) is 5.53 Å². The van der Waals surface area contributed by atoms with Crippen LogP contribution < -0.4 is 9.47 Å². The van der Waals surface area contributed by atoms with Crippen LogP contribution in [0.5, 0.6) is 11.5 Å². The third-order valence-electron chi connectivity index (χ3n) is 2.38. The van der Waals surface area contributed by atoms with Crippen LogP contribution in [0.3, 0.4) is 0 Å². The van der Waals surface area contributed by atoms with Crippen LogP contribution in [-0.2, 0) is 0 Å². The molecule has 7 nitrogen and oxygen atoms in total. The molecule has 1 aromatic carbocycles. The molecule has 0 heterocycles. The van der Waals surface area contributed by atoms with Gasteiger partial charge in [-0.15, -0.1) is 0 Å². The Labute approximate surface area is 110 Å². The maximum absolute atomic E-state index is 11.1. The SMILES string of the molecule is COc1cc(C(C)=[N+]=[N-])c([N+](=O)[O-])cc1OC(C)C. The van der Waals surface area contributed by atoms with Crippen LogP contribution in [0, 0.1) is 10.1 Å². The molecule has 0 saturated carbocycles. The summed E-state index contributed by atoms with van der Waals surface area (Å²) in [5.74, 6) is 0.621. The van der Waals surface area contributed by atoms with E-state index in [-0.39, 0.29) is 28.8 Å². The van der Waals surface area contributed by atoms with E-state index >= 15 is 0 Å². The van der Waals surface area contributed by atoms with Crippen LogP contribution >= 0.6 is 0 Å². The topological polar surface area (TPSA) is 98.0 Å². The summed E-state index contributed by atoms with van der Waals surface area (Å²) in [6.45, 7) is 5.07. The van der Waals surface area contributed by atoms with Crippen molar-refractivity contribution in [2.24, 2.45) is 0 Å². The molecule has 19 heavy (non-hydrogen) atoms. The van der Waals surface area contributed by atoms with Gasteiger partial charge in [-0.3, -0.25) is 10.1 Å². The van der Waals surface area contributed by atoms with Gasteiger partial charge in [0.25, 0.3) is 5.69 Å². The Morgan fingerprint density at radius 3 is 2.47 bits per heavy atom. The molecule has 102 valence electrons. The molecule has 0 amide bonds. The van der Waals surface area contributed by atoms with Gasteiger partial charge in [-0.1, -0.05) is 0 Å². The summed E-state index contributed by atoms with van der Waals surface area (Å²) < 4.78 is 10.6. The summed E-state index contributed by atoms with van der Waals surface area (Å²) in [7, 11) is 1.43. The summed E-state index contributed by atoms with van der Waals surface area (Å²) >= 11 is 0. The van der Waals surface area contributed by atoms with Crippen molar-refractivity contribution in [2.75, 3.05) is 7.11 Å². The number of methoxy groups -OCH3 is 1. The van der Waals surface area contributed by atoms with Crippen molar-refractivity contribution < 1.29 is 19.2 Å². The molecule has 0 fully saturated rings. The van der Waals surface area contributed by atoms with Gasteiger partial charge in [-0.25, -0.2) is 0 Å². The van der Waals surface area contributed by atoms with E-state index in [0.717, 1.165) is 0 Å². The lowest BCUT2D eigenvalue weighted by Gasteiger charge is -2.13. The van der Waals surface area contributed by atoms with Crippen LogP contribution in [-0.4, -0.2) is 28.6 Å². The van der Waals surface area contributed by atoms with Gasteiger partial charge in [-0.2, -0.15) is 4.79 Å². The van der Waals surface area contributed by atoms with Gasteiger partial charge in [-0.05, 0) is 13.8 Å². The van der Waals surface area contributed by atoms with Crippen molar-refractivity contribution in [3.63, 3.8) is 0 Å². The van der Waals surface area contributed by atoms with Crippen LogP contribution in [0.1, 0.15) is 26.3 Å². The van der Waals surface area contributed by atoms with Crippen molar-refractivity contribution in [3.05, 3.63) is 33.3 Å². The Hall–Kier alpha value is -2.40. The number of benzene rings is 1. The van der Waals surface area contributed by atoms with Crippen molar-refractivity contribution in [1.29, 1.82) is 0 Å². The minimum absolute atomic E-state index is 0.126. The van der Waals surface area contributed by atoms with Gasteiger partial charge in [0.05, 0.1) is 24.2 Å². The molecule has 0 radical (unpaired) electrons. The highest BCUT2D eigenvalue weighted by atomic mass is 16.6. The second kappa shape index (κ2) is 5.97. The Bertz CT molecular complexity index is 548. The number of hydrogen-bond acceptors (Lipinski definition) is 4. The zero-order valence-corrected chi connectivity index (χ0v) is 11.2. The van der Waals surface area contributed by atoms with E-state index in [9.17, 15) is 10.1 Å². The first kappa shape index (κ1) is 14.7. The zero-order chi connectivity index (χ0) is 14.6. The maximum atomic E-state index is 11.1. The molecule has 0 aromatic heterocycles. The lowest BCUT2D eigenvalue weighted by Crippen LogP contribution is -2.09. The molecule has 0 aliphatic rings. The lowest BCUT2D eigenvalue weighted by molar-refractivity contribution is -0.385. The second-order valence-electron chi connectivity index (χ2n) is 4.13. The van der Waals surface area contributed by atoms with Crippen molar-refractivity contribution in [3.8, 4) is 11.5 Å². The normalized spacial score (nSPS) is 9.95. The van der Waals surface area contributed by atoms with E-state index in [1.165, 1.54) is 26.2 Å². The minimum atomic E-state index is -0.559. The second-order valence-corrected chi connectivity index (χ2v) is 4.13. The number of ether oxygens (including phenoxy) is 2. The smallest absolute Gasteiger partial charge is 0.303 e. The van der Waals surface area contributed by atoms with E-state index in [1.807, 2.05) is 0 Å². The molecular formula is C12H15N3O4. The fraction of sp³-hybridized carbons (Fsp3) is 0.417. The summed E-state index contributed by atoms with van der Waals surface area (Å²) in [4.78, 5) is 13.5. The monoisotopic (exact) mass is 265 g/mol. The first-order valence-electron chi connectivity index (χ1n) is 5.62.